The highest BCUT2D eigenvalue weighted by molar-refractivity contribution is 7.92. The Bertz CT molecular complexity index is 666. The third-order valence-electron chi connectivity index (χ3n) is 2.98. The molecule has 0 atom stereocenters. The molecular weight excluding hydrogens is 289 g/mol. The number of halogens is 1. The minimum Gasteiger partial charge on any atom is -0.480 e. The maximum Gasteiger partial charge on any atom is 0.324 e. The van der Waals surface area contributed by atoms with Crippen molar-refractivity contribution >= 4 is 21.7 Å². The second-order valence-electron chi connectivity index (χ2n) is 4.74. The molecule has 1 aromatic rings. The van der Waals surface area contributed by atoms with Crippen LogP contribution in [0.15, 0.2) is 18.2 Å². The molecule has 1 aromatic carbocycles. The van der Waals surface area contributed by atoms with E-state index < -0.39 is 38.0 Å². The number of aliphatic carboxylic acids is 1. The van der Waals surface area contributed by atoms with E-state index in [-0.39, 0.29) is 11.1 Å². The number of nitrogens with two attached hydrogens (primary N) is 1. The van der Waals surface area contributed by atoms with Crippen LogP contribution in [0, 0.1) is 5.82 Å². The van der Waals surface area contributed by atoms with Crippen molar-refractivity contribution in [2.45, 2.75) is 24.3 Å². The Morgan fingerprint density at radius 2 is 1.90 bits per heavy atom. The Morgan fingerprint density at radius 3 is 2.30 bits per heavy atom. The van der Waals surface area contributed by atoms with Crippen LogP contribution in [-0.2, 0) is 20.4 Å². The number of carbonyl (C=O) groups excluding carboxylic acids is 1. The second-order valence-corrected chi connectivity index (χ2v) is 7.28. The van der Waals surface area contributed by atoms with Gasteiger partial charge in [0.15, 0.2) is 14.6 Å². The first-order valence-corrected chi connectivity index (χ1v) is 7.18. The average Bonchev–Trinajstić information content (AvgIpc) is 2.30. The minimum absolute atomic E-state index is 0.0962. The van der Waals surface area contributed by atoms with Crippen LogP contribution >= 0.6 is 0 Å². The van der Waals surface area contributed by atoms with Crippen LogP contribution in [0.1, 0.15) is 29.8 Å². The Labute approximate surface area is 115 Å². The molecule has 0 bridgehead atoms. The fourth-order valence-corrected chi connectivity index (χ4v) is 2.61. The largest absolute Gasteiger partial charge is 0.480 e. The van der Waals surface area contributed by atoms with Crippen molar-refractivity contribution in [3.63, 3.8) is 0 Å². The van der Waals surface area contributed by atoms with Gasteiger partial charge in [0.25, 0.3) is 0 Å². The molecule has 1 rings (SSSR count). The van der Waals surface area contributed by atoms with E-state index in [4.69, 9.17) is 10.8 Å². The van der Waals surface area contributed by atoms with E-state index in [0.717, 1.165) is 26.0 Å². The predicted molar refractivity (Wildman–Crippen MR) is 69.3 cm³/mol. The van der Waals surface area contributed by atoms with E-state index in [1.807, 2.05) is 0 Å². The molecule has 6 nitrogen and oxygen atoms in total. The first-order chi connectivity index (χ1) is 8.99. The molecule has 0 aliphatic rings. The number of rotatable bonds is 5. The lowest BCUT2D eigenvalue weighted by Gasteiger charge is -2.19. The fourth-order valence-electron chi connectivity index (χ4n) is 1.34. The number of hydrogen-bond acceptors (Lipinski definition) is 4. The maximum atomic E-state index is 13.7. The third kappa shape index (κ3) is 2.96. The van der Waals surface area contributed by atoms with Gasteiger partial charge in [-0.1, -0.05) is 6.07 Å². The molecule has 0 unspecified atom stereocenters. The molecule has 0 fully saturated rings. The van der Waals surface area contributed by atoms with Crippen molar-refractivity contribution in [3.8, 4) is 0 Å². The number of carbonyl (C=O) groups is 2. The van der Waals surface area contributed by atoms with E-state index in [1.165, 1.54) is 6.07 Å². The Balaban J connectivity index is 3.18. The van der Waals surface area contributed by atoms with Crippen LogP contribution in [0.4, 0.5) is 4.39 Å². The SMILES string of the molecule is CC(C)(C(=O)O)S(=O)(=O)Cc1ccc(C(N)=O)cc1F. The van der Waals surface area contributed by atoms with Gasteiger partial charge in [0, 0.05) is 11.1 Å². The van der Waals surface area contributed by atoms with E-state index in [0.29, 0.717) is 0 Å². The summed E-state index contributed by atoms with van der Waals surface area (Å²) in [5, 5.41) is 8.91. The lowest BCUT2D eigenvalue weighted by molar-refractivity contribution is -0.139. The van der Waals surface area contributed by atoms with E-state index in [9.17, 15) is 22.4 Å². The van der Waals surface area contributed by atoms with Crippen molar-refractivity contribution in [1.82, 2.24) is 0 Å². The number of carboxylic acids is 1. The standard InChI is InChI=1S/C12H14FNO5S/c1-12(2,11(16)17)20(18,19)6-8-4-3-7(10(14)15)5-9(8)13/h3-5H,6H2,1-2H3,(H2,14,15)(H,16,17). The number of sulfone groups is 1. The summed E-state index contributed by atoms with van der Waals surface area (Å²) < 4.78 is 35.7. The van der Waals surface area contributed by atoms with Crippen molar-refractivity contribution in [3.05, 3.63) is 35.1 Å². The van der Waals surface area contributed by atoms with Gasteiger partial charge in [0.1, 0.15) is 5.82 Å². The lowest BCUT2D eigenvalue weighted by atomic mass is 10.1. The van der Waals surface area contributed by atoms with Gasteiger partial charge in [-0.05, 0) is 26.0 Å². The molecule has 0 radical (unpaired) electrons. The zero-order valence-electron chi connectivity index (χ0n) is 10.9. The van der Waals surface area contributed by atoms with Crippen LogP contribution in [0.2, 0.25) is 0 Å². The van der Waals surface area contributed by atoms with Crippen LogP contribution in [0.3, 0.4) is 0 Å². The summed E-state index contributed by atoms with van der Waals surface area (Å²) in [6.45, 7) is 2.06. The molecule has 0 spiro atoms. The quantitative estimate of drug-likeness (QED) is 0.831. The molecule has 8 heteroatoms. The highest BCUT2D eigenvalue weighted by atomic mass is 32.2. The molecule has 0 aliphatic carbocycles. The highest BCUT2D eigenvalue weighted by Crippen LogP contribution is 2.23. The molecule has 20 heavy (non-hydrogen) atoms. The lowest BCUT2D eigenvalue weighted by Crippen LogP contribution is -2.41. The zero-order chi connectivity index (χ0) is 15.7. The second kappa shape index (κ2) is 5.20. The molecule has 1 amide bonds. The van der Waals surface area contributed by atoms with Gasteiger partial charge >= 0.3 is 5.97 Å². The highest BCUT2D eigenvalue weighted by Gasteiger charge is 2.42. The molecule has 0 aliphatic heterocycles. The summed E-state index contributed by atoms with van der Waals surface area (Å²) in [4.78, 5) is 21.8. The number of carboxylic acid groups (broad SMARTS) is 1. The summed E-state index contributed by atoms with van der Waals surface area (Å²) in [7, 11) is -4.12. The minimum atomic E-state index is -4.12. The predicted octanol–water partition coefficient (Wildman–Crippen LogP) is 0.703. The smallest absolute Gasteiger partial charge is 0.324 e. The molecule has 0 aromatic heterocycles. The molecule has 110 valence electrons. The monoisotopic (exact) mass is 303 g/mol. The normalized spacial score (nSPS) is 12.2. The average molecular weight is 303 g/mol. The van der Waals surface area contributed by atoms with Crippen molar-refractivity contribution in [2.24, 2.45) is 5.73 Å². The maximum absolute atomic E-state index is 13.7. The zero-order valence-corrected chi connectivity index (χ0v) is 11.7. The molecule has 0 saturated heterocycles. The number of hydrogen-bond donors (Lipinski definition) is 2. The van der Waals surface area contributed by atoms with E-state index >= 15 is 0 Å². The van der Waals surface area contributed by atoms with Gasteiger partial charge in [-0.15, -0.1) is 0 Å². The van der Waals surface area contributed by atoms with Gasteiger partial charge in [-0.2, -0.15) is 0 Å². The molecule has 0 heterocycles. The van der Waals surface area contributed by atoms with Crippen LogP contribution in [0.25, 0.3) is 0 Å². The Morgan fingerprint density at radius 1 is 1.35 bits per heavy atom. The number of benzene rings is 1. The molecular formula is C12H14FNO5S. The summed E-state index contributed by atoms with van der Waals surface area (Å²) >= 11 is 0. The van der Waals surface area contributed by atoms with E-state index in [1.54, 1.807) is 0 Å². The summed E-state index contributed by atoms with van der Waals surface area (Å²) in [5.41, 5.74) is 4.65. The van der Waals surface area contributed by atoms with E-state index in [2.05, 4.69) is 0 Å². The topological polar surface area (TPSA) is 115 Å². The third-order valence-corrected chi connectivity index (χ3v) is 5.40. The fraction of sp³-hybridized carbons (Fsp3) is 0.333. The van der Waals surface area contributed by atoms with Crippen LogP contribution in [0.5, 0.6) is 0 Å². The van der Waals surface area contributed by atoms with Crippen molar-refractivity contribution < 1.29 is 27.5 Å². The Hall–Kier alpha value is -1.96. The Kier molecular flexibility index (Phi) is 4.18. The van der Waals surface area contributed by atoms with Gasteiger partial charge < -0.3 is 10.8 Å². The van der Waals surface area contributed by atoms with Gasteiger partial charge in [-0.3, -0.25) is 9.59 Å². The van der Waals surface area contributed by atoms with Gasteiger partial charge in [0.2, 0.25) is 5.91 Å². The van der Waals surface area contributed by atoms with Crippen LogP contribution in [-0.4, -0.2) is 30.1 Å². The van der Waals surface area contributed by atoms with Crippen molar-refractivity contribution in [2.75, 3.05) is 0 Å². The molecule has 3 N–H and O–H groups in total. The van der Waals surface area contributed by atoms with Crippen molar-refractivity contribution in [1.29, 1.82) is 0 Å². The number of primary amides is 1. The molecule has 0 saturated carbocycles. The summed E-state index contributed by atoms with van der Waals surface area (Å²) in [6, 6.07) is 3.11. The number of amides is 1. The van der Waals surface area contributed by atoms with Gasteiger partial charge in [-0.25, -0.2) is 12.8 Å². The van der Waals surface area contributed by atoms with Crippen LogP contribution < -0.4 is 5.73 Å². The first-order valence-electron chi connectivity index (χ1n) is 5.53. The summed E-state index contributed by atoms with van der Waals surface area (Å²) in [5.74, 6) is -4.07. The summed E-state index contributed by atoms with van der Waals surface area (Å²) in [6.07, 6.45) is 0. The first kappa shape index (κ1) is 16.1. The van der Waals surface area contributed by atoms with Gasteiger partial charge in [0.05, 0.1) is 5.75 Å².